The fourth-order valence-corrected chi connectivity index (χ4v) is 5.49. The van der Waals surface area contributed by atoms with Crippen LogP contribution in [0.15, 0.2) is 109 Å². The van der Waals surface area contributed by atoms with Crippen LogP contribution in [-0.2, 0) is 13.1 Å². The van der Waals surface area contributed by atoms with Crippen molar-refractivity contribution in [3.63, 3.8) is 0 Å². The van der Waals surface area contributed by atoms with Crippen molar-refractivity contribution in [3.05, 3.63) is 131 Å². The fraction of sp³-hybridized carbons (Fsp3) is 0.171. The largest absolute Gasteiger partial charge is 0.379 e. The average molecular weight is 553 g/mol. The standard InChI is InChI=1S/C35H32N6O/c36-23-30-33(37-24-26-11-3-1-4-12-26)28-15-7-9-17-31(28)38-34(30)39-35(42)29-16-8-10-18-32(29)41-21-19-40(20-22-41)25-27-13-5-2-6-14-27/h1-18H,19-22,24-25H2,(H2,37,38,39,42). The molecular formula is C35H32N6O. The predicted molar refractivity (Wildman–Crippen MR) is 169 cm³/mol. The summed E-state index contributed by atoms with van der Waals surface area (Å²) < 4.78 is 0. The molecule has 2 N–H and O–H groups in total. The predicted octanol–water partition coefficient (Wildman–Crippen LogP) is 6.29. The number of aromatic nitrogens is 1. The summed E-state index contributed by atoms with van der Waals surface area (Å²) in [6.45, 7) is 4.92. The molecule has 0 saturated carbocycles. The zero-order valence-electron chi connectivity index (χ0n) is 23.3. The number of anilines is 3. The number of nitriles is 1. The fourth-order valence-electron chi connectivity index (χ4n) is 5.49. The molecule has 1 saturated heterocycles. The summed E-state index contributed by atoms with van der Waals surface area (Å²) in [6, 6.07) is 38.1. The molecule has 0 aliphatic carbocycles. The van der Waals surface area contributed by atoms with Crippen LogP contribution in [0.1, 0.15) is 27.0 Å². The summed E-state index contributed by atoms with van der Waals surface area (Å²) in [5.74, 6) is -0.0372. The molecule has 7 nitrogen and oxygen atoms in total. The molecule has 1 aliphatic heterocycles. The Morgan fingerprint density at radius 1 is 0.786 bits per heavy atom. The number of hydrogen-bond acceptors (Lipinski definition) is 6. The van der Waals surface area contributed by atoms with E-state index in [2.05, 4.69) is 50.8 Å². The quantitative estimate of drug-likeness (QED) is 0.235. The van der Waals surface area contributed by atoms with Crippen molar-refractivity contribution >= 4 is 34.0 Å². The van der Waals surface area contributed by atoms with E-state index in [-0.39, 0.29) is 11.7 Å². The zero-order chi connectivity index (χ0) is 28.7. The first-order chi connectivity index (χ1) is 20.7. The van der Waals surface area contributed by atoms with Crippen molar-refractivity contribution in [2.24, 2.45) is 0 Å². The Bertz CT molecular complexity index is 1720. The number of nitrogens with one attached hydrogen (secondary N) is 2. The van der Waals surface area contributed by atoms with Crippen molar-refractivity contribution in [2.75, 3.05) is 41.7 Å². The van der Waals surface area contributed by atoms with Crippen LogP contribution in [0.3, 0.4) is 0 Å². The monoisotopic (exact) mass is 552 g/mol. The van der Waals surface area contributed by atoms with Crippen LogP contribution >= 0.6 is 0 Å². The summed E-state index contributed by atoms with van der Waals surface area (Å²) in [5, 5.41) is 17.5. The van der Waals surface area contributed by atoms with Crippen LogP contribution in [0.25, 0.3) is 10.9 Å². The van der Waals surface area contributed by atoms with E-state index in [1.54, 1.807) is 0 Å². The van der Waals surface area contributed by atoms with Gasteiger partial charge in [-0.3, -0.25) is 9.69 Å². The van der Waals surface area contributed by atoms with Crippen LogP contribution < -0.4 is 15.5 Å². The van der Waals surface area contributed by atoms with E-state index in [1.165, 1.54) is 5.56 Å². The summed E-state index contributed by atoms with van der Waals surface area (Å²) >= 11 is 0. The minimum absolute atomic E-state index is 0.249. The molecule has 42 heavy (non-hydrogen) atoms. The number of carbonyl (C=O) groups excluding carboxylic acids is 1. The maximum atomic E-state index is 13.8. The summed E-state index contributed by atoms with van der Waals surface area (Å²) in [5.41, 5.74) is 5.51. The van der Waals surface area contributed by atoms with Crippen LogP contribution in [0.5, 0.6) is 0 Å². The van der Waals surface area contributed by atoms with Crippen molar-refractivity contribution in [2.45, 2.75) is 13.1 Å². The van der Waals surface area contributed by atoms with E-state index >= 15 is 0 Å². The van der Waals surface area contributed by atoms with Crippen LogP contribution in [0, 0.1) is 11.3 Å². The topological polar surface area (TPSA) is 84.3 Å². The molecule has 208 valence electrons. The Kier molecular flexibility index (Phi) is 8.07. The molecule has 6 rings (SSSR count). The van der Waals surface area contributed by atoms with Crippen molar-refractivity contribution < 1.29 is 4.79 Å². The van der Waals surface area contributed by atoms with E-state index < -0.39 is 0 Å². The molecule has 1 aromatic heterocycles. The minimum Gasteiger partial charge on any atom is -0.379 e. The van der Waals surface area contributed by atoms with Gasteiger partial charge in [-0.2, -0.15) is 5.26 Å². The van der Waals surface area contributed by atoms with Crippen LogP contribution in [0.4, 0.5) is 17.2 Å². The van der Waals surface area contributed by atoms with Crippen molar-refractivity contribution in [3.8, 4) is 6.07 Å². The van der Waals surface area contributed by atoms with Gasteiger partial charge in [-0.1, -0.05) is 91.0 Å². The maximum Gasteiger partial charge on any atom is 0.258 e. The lowest BCUT2D eigenvalue weighted by atomic mass is 10.1. The number of fused-ring (bicyclic) bond motifs is 1. The van der Waals surface area contributed by atoms with Gasteiger partial charge in [0.25, 0.3) is 5.91 Å². The van der Waals surface area contributed by atoms with E-state index in [9.17, 15) is 10.1 Å². The highest BCUT2D eigenvalue weighted by Crippen LogP contribution is 2.32. The zero-order valence-corrected chi connectivity index (χ0v) is 23.3. The number of nitrogens with zero attached hydrogens (tertiary/aromatic N) is 4. The van der Waals surface area contributed by atoms with Gasteiger partial charge in [-0.25, -0.2) is 4.98 Å². The number of hydrogen-bond donors (Lipinski definition) is 2. The first-order valence-corrected chi connectivity index (χ1v) is 14.2. The summed E-state index contributed by atoms with van der Waals surface area (Å²) in [7, 11) is 0. The third kappa shape index (κ3) is 5.95. The van der Waals surface area contributed by atoms with Crippen LogP contribution in [0.2, 0.25) is 0 Å². The Balaban J connectivity index is 1.23. The average Bonchev–Trinajstić information content (AvgIpc) is 3.05. The molecule has 7 heteroatoms. The number of pyridine rings is 1. The van der Waals surface area contributed by atoms with E-state index in [1.807, 2.05) is 84.9 Å². The van der Waals surface area contributed by atoms with E-state index in [4.69, 9.17) is 4.98 Å². The van der Waals surface area contributed by atoms with Gasteiger partial charge in [0.2, 0.25) is 0 Å². The number of benzene rings is 4. The van der Waals surface area contributed by atoms with E-state index in [0.717, 1.165) is 49.4 Å². The second-order valence-electron chi connectivity index (χ2n) is 10.4. The number of rotatable bonds is 8. The molecule has 1 aliphatic rings. The molecule has 0 bridgehead atoms. The molecule has 2 heterocycles. The molecule has 0 atom stereocenters. The molecule has 1 amide bonds. The number of carbonyl (C=O) groups is 1. The second-order valence-corrected chi connectivity index (χ2v) is 10.4. The molecule has 4 aromatic carbocycles. The Morgan fingerprint density at radius 3 is 2.17 bits per heavy atom. The van der Waals surface area contributed by atoms with E-state index in [0.29, 0.717) is 28.9 Å². The Labute approximate surface area is 246 Å². The van der Waals surface area contributed by atoms with Gasteiger partial charge in [-0.15, -0.1) is 0 Å². The van der Waals surface area contributed by atoms with Crippen LogP contribution in [-0.4, -0.2) is 42.0 Å². The highest BCUT2D eigenvalue weighted by atomic mass is 16.1. The van der Waals surface area contributed by atoms with Gasteiger partial charge in [-0.05, 0) is 29.3 Å². The smallest absolute Gasteiger partial charge is 0.258 e. The minimum atomic E-state index is -0.286. The molecule has 0 spiro atoms. The molecule has 0 unspecified atom stereocenters. The lowest BCUT2D eigenvalue weighted by Crippen LogP contribution is -2.46. The number of para-hydroxylation sites is 2. The number of piperazine rings is 1. The first kappa shape index (κ1) is 27.0. The SMILES string of the molecule is N#Cc1c(NC(=O)c2ccccc2N2CCN(Cc3ccccc3)CC2)nc2ccccc2c1NCc1ccccc1. The van der Waals surface area contributed by atoms with Crippen molar-refractivity contribution in [1.82, 2.24) is 9.88 Å². The maximum absolute atomic E-state index is 13.8. The van der Waals surface area contributed by atoms with Gasteiger partial charge in [0, 0.05) is 50.3 Å². The highest BCUT2D eigenvalue weighted by Gasteiger charge is 2.23. The lowest BCUT2D eigenvalue weighted by Gasteiger charge is -2.36. The normalized spacial score (nSPS) is 13.5. The van der Waals surface area contributed by atoms with Gasteiger partial charge < -0.3 is 15.5 Å². The second kappa shape index (κ2) is 12.5. The lowest BCUT2D eigenvalue weighted by molar-refractivity contribution is 0.102. The number of amides is 1. The highest BCUT2D eigenvalue weighted by molar-refractivity contribution is 6.10. The van der Waals surface area contributed by atoms with Gasteiger partial charge in [0.1, 0.15) is 11.6 Å². The third-order valence-corrected chi connectivity index (χ3v) is 7.66. The third-order valence-electron chi connectivity index (χ3n) is 7.66. The molecule has 0 radical (unpaired) electrons. The molecular weight excluding hydrogens is 520 g/mol. The summed E-state index contributed by atoms with van der Waals surface area (Å²) in [6.07, 6.45) is 0. The van der Waals surface area contributed by atoms with Gasteiger partial charge >= 0.3 is 0 Å². The molecule has 5 aromatic rings. The van der Waals surface area contributed by atoms with Crippen molar-refractivity contribution in [1.29, 1.82) is 5.26 Å². The first-order valence-electron chi connectivity index (χ1n) is 14.2. The Hall–Kier alpha value is -5.19. The Morgan fingerprint density at radius 2 is 1.43 bits per heavy atom. The molecule has 1 fully saturated rings. The van der Waals surface area contributed by atoms with Gasteiger partial charge in [0.05, 0.1) is 16.8 Å². The summed E-state index contributed by atoms with van der Waals surface area (Å²) in [4.78, 5) is 23.2. The van der Waals surface area contributed by atoms with Gasteiger partial charge in [0.15, 0.2) is 5.82 Å².